The van der Waals surface area contributed by atoms with Crippen molar-refractivity contribution < 1.29 is 4.74 Å². The molecule has 0 aliphatic heterocycles. The van der Waals surface area contributed by atoms with Crippen LogP contribution < -0.4 is 5.73 Å². The highest BCUT2D eigenvalue weighted by molar-refractivity contribution is 6.22. The van der Waals surface area contributed by atoms with Gasteiger partial charge >= 0.3 is 0 Å². The molecule has 0 saturated heterocycles. The number of hydrogen-bond acceptors (Lipinski definition) is 3. The number of pyridine rings is 1. The third kappa shape index (κ3) is 9.48. The predicted octanol–water partition coefficient (Wildman–Crippen LogP) is 8.22. The first kappa shape index (κ1) is 29.2. The fourth-order valence-corrected chi connectivity index (χ4v) is 5.30. The van der Waals surface area contributed by atoms with E-state index in [9.17, 15) is 0 Å². The number of hydrogen-bond donors (Lipinski definition) is 1. The summed E-state index contributed by atoms with van der Waals surface area (Å²) in [4.78, 5) is 9.52. The van der Waals surface area contributed by atoms with Crippen LogP contribution in [0.3, 0.4) is 0 Å². The number of aryl methyl sites for hydroxylation is 1. The maximum Gasteiger partial charge on any atom is 0.115 e. The van der Waals surface area contributed by atoms with E-state index in [0.29, 0.717) is 12.5 Å². The van der Waals surface area contributed by atoms with Crippen LogP contribution in [0.1, 0.15) is 83.4 Å². The quantitative estimate of drug-likeness (QED) is 0.137. The van der Waals surface area contributed by atoms with E-state index in [1.165, 1.54) is 5.57 Å². The lowest BCUT2D eigenvalue weighted by atomic mass is 9.90. The van der Waals surface area contributed by atoms with E-state index in [0.717, 1.165) is 74.2 Å². The molecule has 5 heteroatoms. The summed E-state index contributed by atoms with van der Waals surface area (Å²) in [5, 5.41) is 0.0300. The van der Waals surface area contributed by atoms with Crippen LogP contribution in [0.25, 0.3) is 0 Å². The summed E-state index contributed by atoms with van der Waals surface area (Å²) in [5.74, 6) is 2.94. The second-order valence-electron chi connectivity index (χ2n) is 10.7. The molecule has 0 saturated carbocycles. The Morgan fingerprint density at radius 2 is 2.19 bits per heavy atom. The number of aromatic nitrogens is 1. The molecule has 3 rings (SSSR count). The number of allylic oxidation sites excluding steroid dienone is 6. The maximum atomic E-state index is 6.64. The molecule has 4 nitrogen and oxygen atoms in total. The fourth-order valence-electron chi connectivity index (χ4n) is 5.12. The average Bonchev–Trinajstić information content (AvgIpc) is 3.20. The number of unbranched alkanes of at least 4 members (excludes halogenated alkanes) is 1. The molecule has 0 amide bonds. The molecule has 0 aromatic carbocycles. The molecule has 0 fully saturated rings. The molecule has 2 aliphatic rings. The van der Waals surface area contributed by atoms with Gasteiger partial charge in [0.2, 0.25) is 0 Å². The van der Waals surface area contributed by atoms with Crippen molar-refractivity contribution in [1.29, 1.82) is 0 Å². The molecule has 202 valence electrons. The van der Waals surface area contributed by atoms with Crippen LogP contribution in [0, 0.1) is 24.7 Å². The first-order valence-corrected chi connectivity index (χ1v) is 14.5. The lowest BCUT2D eigenvalue weighted by Gasteiger charge is -2.23. The normalized spacial score (nSPS) is 24.7. The van der Waals surface area contributed by atoms with Crippen molar-refractivity contribution in [3.63, 3.8) is 0 Å². The second kappa shape index (κ2) is 15.2. The Hall–Kier alpha value is -2.33. The Balaban J connectivity index is 1.63. The van der Waals surface area contributed by atoms with E-state index in [1.54, 1.807) is 0 Å². The lowest BCUT2D eigenvalue weighted by Crippen LogP contribution is -2.25. The minimum atomic E-state index is 0.0300. The SMILES string of the molecule is CCCC=CC(C)C(N=C(N)CC1CCC=C(OCc2cccnc2C)CC1)C1=CC(C)C(Cl)C=CC1. The Morgan fingerprint density at radius 1 is 1.35 bits per heavy atom. The van der Waals surface area contributed by atoms with E-state index >= 15 is 0 Å². The molecule has 5 atom stereocenters. The summed E-state index contributed by atoms with van der Waals surface area (Å²) in [5.41, 5.74) is 10.1. The fraction of sp³-hybridized carbons (Fsp3) is 0.562. The van der Waals surface area contributed by atoms with E-state index in [1.807, 2.05) is 19.2 Å². The summed E-state index contributed by atoms with van der Waals surface area (Å²) in [6.45, 7) is 9.26. The number of aliphatic imine (C=N–C) groups is 1. The number of nitrogens with zero attached hydrogens (tertiary/aromatic N) is 2. The van der Waals surface area contributed by atoms with Gasteiger partial charge in [-0.05, 0) is 68.6 Å². The van der Waals surface area contributed by atoms with Gasteiger partial charge in [0.15, 0.2) is 0 Å². The van der Waals surface area contributed by atoms with Crippen molar-refractivity contribution in [2.24, 2.45) is 28.5 Å². The van der Waals surface area contributed by atoms with Crippen LogP contribution in [0.5, 0.6) is 0 Å². The topological polar surface area (TPSA) is 60.5 Å². The highest BCUT2D eigenvalue weighted by Gasteiger charge is 2.24. The molecule has 0 bridgehead atoms. The summed E-state index contributed by atoms with van der Waals surface area (Å²) in [6.07, 6.45) is 23.4. The van der Waals surface area contributed by atoms with Gasteiger partial charge in [-0.15, -0.1) is 11.6 Å². The lowest BCUT2D eigenvalue weighted by molar-refractivity contribution is 0.185. The molecule has 2 aliphatic carbocycles. The number of halogens is 1. The van der Waals surface area contributed by atoms with Gasteiger partial charge in [-0.2, -0.15) is 0 Å². The smallest absolute Gasteiger partial charge is 0.115 e. The van der Waals surface area contributed by atoms with Crippen molar-refractivity contribution >= 4 is 17.4 Å². The van der Waals surface area contributed by atoms with Gasteiger partial charge in [-0.1, -0.05) is 63.6 Å². The van der Waals surface area contributed by atoms with Crippen molar-refractivity contribution in [3.8, 4) is 0 Å². The van der Waals surface area contributed by atoms with Crippen molar-refractivity contribution in [2.45, 2.75) is 97.1 Å². The standard InChI is InChI=1S/C32H46ClN3O/c1-5-6-7-11-23(2)32(27-13-9-16-30(33)24(3)20-27)36-31(34)21-26-12-8-15-29(18-17-26)37-22-28-14-10-19-35-25(28)4/h7,9-11,14-16,19-20,23-24,26,30,32H,5-6,8,12-13,17-18,21-22H2,1-4H3,(H2,34,36). The third-order valence-electron chi connectivity index (χ3n) is 7.50. The first-order chi connectivity index (χ1) is 17.9. The van der Waals surface area contributed by atoms with Crippen LogP contribution in [-0.4, -0.2) is 22.2 Å². The van der Waals surface area contributed by atoms with Gasteiger partial charge in [-0.3, -0.25) is 9.98 Å². The van der Waals surface area contributed by atoms with E-state index in [2.05, 4.69) is 68.3 Å². The van der Waals surface area contributed by atoms with Gasteiger partial charge in [0.05, 0.1) is 23.0 Å². The largest absolute Gasteiger partial charge is 0.494 e. The van der Waals surface area contributed by atoms with Gasteiger partial charge in [0.25, 0.3) is 0 Å². The highest BCUT2D eigenvalue weighted by Crippen LogP contribution is 2.30. The highest BCUT2D eigenvalue weighted by atomic mass is 35.5. The molecule has 5 unspecified atom stereocenters. The molecule has 2 N–H and O–H groups in total. The number of ether oxygens (including phenoxy) is 1. The summed E-state index contributed by atoms with van der Waals surface area (Å²) in [6, 6.07) is 4.10. The molecular formula is C32H46ClN3O. The second-order valence-corrected chi connectivity index (χ2v) is 11.2. The molecule has 1 aromatic rings. The Bertz CT molecular complexity index is 1010. The molecular weight excluding hydrogens is 478 g/mol. The molecule has 0 radical (unpaired) electrons. The zero-order valence-corrected chi connectivity index (χ0v) is 24.0. The van der Waals surface area contributed by atoms with Gasteiger partial charge < -0.3 is 10.5 Å². The van der Waals surface area contributed by atoms with Crippen LogP contribution in [-0.2, 0) is 11.3 Å². The van der Waals surface area contributed by atoms with Crippen molar-refractivity contribution in [1.82, 2.24) is 4.98 Å². The maximum absolute atomic E-state index is 6.64. The van der Waals surface area contributed by atoms with E-state index < -0.39 is 0 Å². The van der Waals surface area contributed by atoms with Crippen molar-refractivity contribution in [2.75, 3.05) is 0 Å². The minimum Gasteiger partial charge on any atom is -0.494 e. The summed E-state index contributed by atoms with van der Waals surface area (Å²) >= 11 is 6.53. The van der Waals surface area contributed by atoms with Gasteiger partial charge in [0, 0.05) is 36.2 Å². The van der Waals surface area contributed by atoms with Crippen LogP contribution in [0.15, 0.2) is 71.1 Å². The van der Waals surface area contributed by atoms with Crippen molar-refractivity contribution in [3.05, 3.63) is 77.4 Å². The Morgan fingerprint density at radius 3 is 2.97 bits per heavy atom. The van der Waals surface area contributed by atoms with Gasteiger partial charge in [0.1, 0.15) is 6.61 Å². The summed E-state index contributed by atoms with van der Waals surface area (Å²) in [7, 11) is 0. The number of nitrogens with two attached hydrogens (primary N) is 1. The zero-order chi connectivity index (χ0) is 26.6. The minimum absolute atomic E-state index is 0.0300. The van der Waals surface area contributed by atoms with Gasteiger partial charge in [-0.25, -0.2) is 0 Å². The Labute approximate surface area is 229 Å². The molecule has 1 heterocycles. The molecule has 1 aromatic heterocycles. The Kier molecular flexibility index (Phi) is 12.0. The zero-order valence-electron chi connectivity index (χ0n) is 23.2. The monoisotopic (exact) mass is 523 g/mol. The molecule has 37 heavy (non-hydrogen) atoms. The predicted molar refractivity (Wildman–Crippen MR) is 158 cm³/mol. The number of amidine groups is 1. The average molecular weight is 524 g/mol. The molecule has 0 spiro atoms. The van der Waals surface area contributed by atoms with E-state index in [4.69, 9.17) is 27.1 Å². The summed E-state index contributed by atoms with van der Waals surface area (Å²) < 4.78 is 6.16. The van der Waals surface area contributed by atoms with Crippen LogP contribution in [0.4, 0.5) is 0 Å². The third-order valence-corrected chi connectivity index (χ3v) is 8.05. The van der Waals surface area contributed by atoms with Crippen LogP contribution in [0.2, 0.25) is 0 Å². The number of rotatable bonds is 11. The van der Waals surface area contributed by atoms with E-state index in [-0.39, 0.29) is 23.3 Å². The van der Waals surface area contributed by atoms with Crippen LogP contribution >= 0.6 is 11.6 Å². The number of alkyl halides is 1. The first-order valence-electron chi connectivity index (χ1n) is 14.1.